The molecule has 2 aliphatic heterocycles. The first-order valence-electron chi connectivity index (χ1n) is 16.0. The Kier molecular flexibility index (Phi) is 6.07. The van der Waals surface area contributed by atoms with E-state index in [9.17, 15) is 9.59 Å². The zero-order chi connectivity index (χ0) is 29.3. The van der Waals surface area contributed by atoms with Crippen LogP contribution in [0.3, 0.4) is 0 Å². The second-order valence-electron chi connectivity index (χ2n) is 13.6. The van der Waals surface area contributed by atoms with Gasteiger partial charge in [0.1, 0.15) is 0 Å². The Hall–Kier alpha value is -3.94. The van der Waals surface area contributed by atoms with Gasteiger partial charge in [0, 0.05) is 48.8 Å². The van der Waals surface area contributed by atoms with E-state index in [1.165, 1.54) is 0 Å². The van der Waals surface area contributed by atoms with E-state index in [1.54, 1.807) is 0 Å². The molecule has 0 radical (unpaired) electrons. The highest BCUT2D eigenvalue weighted by Crippen LogP contribution is 2.51. The highest BCUT2D eigenvalue weighted by molar-refractivity contribution is 5.97. The van der Waals surface area contributed by atoms with Gasteiger partial charge >= 0.3 is 0 Å². The quantitative estimate of drug-likeness (QED) is 0.275. The molecule has 220 valence electrons. The average Bonchev–Trinajstić information content (AvgIpc) is 3.96. The van der Waals surface area contributed by atoms with Crippen LogP contribution in [0.2, 0.25) is 0 Å². The van der Waals surface area contributed by atoms with Crippen LogP contribution in [0.4, 0.5) is 0 Å². The van der Waals surface area contributed by atoms with Crippen LogP contribution in [-0.2, 0) is 0 Å². The molecule has 4 heterocycles. The summed E-state index contributed by atoms with van der Waals surface area (Å²) in [5.41, 5.74) is 5.61. The van der Waals surface area contributed by atoms with E-state index in [-0.39, 0.29) is 22.6 Å². The molecule has 2 aliphatic carbocycles. The van der Waals surface area contributed by atoms with Gasteiger partial charge in [-0.2, -0.15) is 0 Å². The summed E-state index contributed by atoms with van der Waals surface area (Å²) in [6.07, 6.45) is 7.02. The predicted octanol–water partition coefficient (Wildman–Crippen LogP) is 6.12. The van der Waals surface area contributed by atoms with Gasteiger partial charge in [0.2, 0.25) is 0 Å². The smallest absolute Gasteiger partial charge is 0.274 e. The van der Waals surface area contributed by atoms with Crippen LogP contribution < -0.4 is 0 Å². The van der Waals surface area contributed by atoms with Crippen LogP contribution in [0.5, 0.6) is 0 Å². The fourth-order valence-electron chi connectivity index (χ4n) is 7.76. The van der Waals surface area contributed by atoms with E-state index in [1.807, 2.05) is 48.5 Å². The fraction of sp³-hybridized carbons (Fsp3) is 0.486. The molecule has 4 aliphatic rings. The van der Waals surface area contributed by atoms with Crippen molar-refractivity contribution in [3.63, 3.8) is 0 Å². The third-order valence-electron chi connectivity index (χ3n) is 10.5. The van der Waals surface area contributed by atoms with Crippen molar-refractivity contribution < 1.29 is 9.59 Å². The van der Waals surface area contributed by atoms with Crippen LogP contribution in [-0.4, -0.2) is 67.7 Å². The van der Waals surface area contributed by atoms with Crippen molar-refractivity contribution in [1.82, 2.24) is 29.7 Å². The summed E-state index contributed by atoms with van der Waals surface area (Å²) >= 11 is 0. The zero-order valence-corrected chi connectivity index (χ0v) is 25.1. The monoisotopic (exact) mass is 574 g/mol. The number of aromatic nitrogens is 4. The van der Waals surface area contributed by atoms with Gasteiger partial charge in [-0.1, -0.05) is 38.1 Å². The highest BCUT2D eigenvalue weighted by Gasteiger charge is 2.54. The van der Waals surface area contributed by atoms with Crippen LogP contribution in [0, 0.1) is 10.8 Å². The minimum atomic E-state index is -0.189. The fourth-order valence-corrected chi connectivity index (χ4v) is 7.76. The molecule has 0 atom stereocenters. The Morgan fingerprint density at radius 2 is 0.977 bits per heavy atom. The summed E-state index contributed by atoms with van der Waals surface area (Å²) in [4.78, 5) is 52.5. The van der Waals surface area contributed by atoms with Gasteiger partial charge < -0.3 is 9.80 Å². The Labute approximate surface area is 251 Å². The number of hydrogen-bond donors (Lipinski definition) is 0. The molecular formula is C35H38N6O2. The number of carbonyl (C=O) groups excluding carboxylic acids is 2. The van der Waals surface area contributed by atoms with Gasteiger partial charge in [-0.3, -0.25) is 9.59 Å². The van der Waals surface area contributed by atoms with Crippen molar-refractivity contribution in [2.24, 2.45) is 10.8 Å². The lowest BCUT2D eigenvalue weighted by Gasteiger charge is -2.58. The molecule has 2 bridgehead atoms. The molecular weight excluding hydrogens is 536 g/mol. The summed E-state index contributed by atoms with van der Waals surface area (Å²) in [6, 6.07) is 15.7. The largest absolute Gasteiger partial charge is 0.336 e. The molecule has 0 N–H and O–H groups in total. The van der Waals surface area contributed by atoms with Gasteiger partial charge in [-0.25, -0.2) is 19.9 Å². The van der Waals surface area contributed by atoms with E-state index in [0.29, 0.717) is 49.4 Å². The minimum absolute atomic E-state index is 0.00769. The third kappa shape index (κ3) is 4.57. The van der Waals surface area contributed by atoms with Crippen molar-refractivity contribution in [2.75, 3.05) is 26.2 Å². The Balaban J connectivity index is 1.13. The predicted molar refractivity (Wildman–Crippen MR) is 165 cm³/mol. The van der Waals surface area contributed by atoms with Gasteiger partial charge in [0.15, 0.2) is 11.4 Å². The number of nitrogens with zero attached hydrogens (tertiary/aromatic N) is 6. The summed E-state index contributed by atoms with van der Waals surface area (Å²) < 4.78 is 0. The Morgan fingerprint density at radius 1 is 0.628 bits per heavy atom. The number of carbonyl (C=O) groups is 2. The van der Waals surface area contributed by atoms with Crippen LogP contribution in [0.25, 0.3) is 22.1 Å². The van der Waals surface area contributed by atoms with E-state index in [0.717, 1.165) is 78.4 Å². The first-order chi connectivity index (χ1) is 20.9. The third-order valence-corrected chi connectivity index (χ3v) is 10.5. The molecule has 2 aromatic heterocycles. The molecule has 2 saturated heterocycles. The number of piperidine rings is 2. The normalized spacial score (nSPS) is 25.3. The molecule has 0 unspecified atom stereocenters. The zero-order valence-electron chi connectivity index (χ0n) is 25.1. The first kappa shape index (κ1) is 26.7. The number of likely N-dealkylation sites (tertiary alicyclic amines) is 2. The molecule has 8 nitrogen and oxygen atoms in total. The molecule has 4 aromatic rings. The van der Waals surface area contributed by atoms with Crippen molar-refractivity contribution in [2.45, 2.75) is 70.6 Å². The topological polar surface area (TPSA) is 92.2 Å². The van der Waals surface area contributed by atoms with Gasteiger partial charge in [-0.05, 0) is 69.2 Å². The molecule has 0 spiro atoms. The second-order valence-corrected chi connectivity index (χ2v) is 13.6. The number of hydrogen-bond acceptors (Lipinski definition) is 6. The van der Waals surface area contributed by atoms with Crippen molar-refractivity contribution in [3.8, 4) is 0 Å². The standard InChI is InChI=1S/C35H38N6O2/c1-3-34-17-35(4-2,20-40(18-34)32(42)30-28(22-13-14-22)36-24-9-5-7-11-26(24)38-30)21-41(19-34)33(43)31-29(23-15-16-23)37-25-10-6-8-12-27(25)39-31/h5-12,22-23H,3-4,13-21H2,1-2H3. The maximum absolute atomic E-state index is 14.4. The van der Waals surface area contributed by atoms with Gasteiger partial charge in [-0.15, -0.1) is 0 Å². The minimum Gasteiger partial charge on any atom is -0.336 e. The number of fused-ring (bicyclic) bond motifs is 4. The Bertz CT molecular complexity index is 1640. The maximum Gasteiger partial charge on any atom is 0.274 e. The van der Waals surface area contributed by atoms with Gasteiger partial charge in [0.25, 0.3) is 11.8 Å². The SMILES string of the molecule is CCC12CN(C(=O)c3nc4ccccc4nc3C3CC3)CC(CC)(CN(C(=O)c3nc4ccccc4nc3C3CC3)C1)C2. The molecule has 8 heteroatoms. The number of rotatable bonds is 6. The highest BCUT2D eigenvalue weighted by atomic mass is 16.2. The van der Waals surface area contributed by atoms with Gasteiger partial charge in [0.05, 0.1) is 33.5 Å². The summed E-state index contributed by atoms with van der Waals surface area (Å²) in [5, 5.41) is 0. The second kappa shape index (κ2) is 9.79. The first-order valence-corrected chi connectivity index (χ1v) is 16.0. The molecule has 43 heavy (non-hydrogen) atoms. The summed E-state index contributed by atoms with van der Waals surface area (Å²) in [5.74, 6) is 0.619. The number of para-hydroxylation sites is 4. The van der Waals surface area contributed by atoms with Crippen LogP contribution in [0.15, 0.2) is 48.5 Å². The Morgan fingerprint density at radius 3 is 1.30 bits per heavy atom. The average molecular weight is 575 g/mol. The lowest BCUT2D eigenvalue weighted by atomic mass is 9.61. The van der Waals surface area contributed by atoms with Crippen LogP contribution in [0.1, 0.15) is 103 Å². The molecule has 4 fully saturated rings. The van der Waals surface area contributed by atoms with E-state index in [2.05, 4.69) is 23.6 Å². The lowest BCUT2D eigenvalue weighted by molar-refractivity contribution is -0.0735. The summed E-state index contributed by atoms with van der Waals surface area (Å²) in [6.45, 7) is 6.88. The van der Waals surface area contributed by atoms with Crippen molar-refractivity contribution >= 4 is 33.9 Å². The number of amides is 2. The number of benzene rings is 2. The van der Waals surface area contributed by atoms with Crippen LogP contribution >= 0.6 is 0 Å². The molecule has 2 saturated carbocycles. The van der Waals surface area contributed by atoms with E-state index in [4.69, 9.17) is 19.9 Å². The molecule has 2 aromatic carbocycles. The summed E-state index contributed by atoms with van der Waals surface area (Å²) in [7, 11) is 0. The van der Waals surface area contributed by atoms with E-state index < -0.39 is 0 Å². The van der Waals surface area contributed by atoms with Crippen molar-refractivity contribution in [3.05, 3.63) is 71.3 Å². The molecule has 8 rings (SSSR count). The molecule has 2 amide bonds. The van der Waals surface area contributed by atoms with E-state index >= 15 is 0 Å². The maximum atomic E-state index is 14.4. The van der Waals surface area contributed by atoms with Crippen molar-refractivity contribution in [1.29, 1.82) is 0 Å². The lowest BCUT2D eigenvalue weighted by Crippen LogP contribution is -2.65.